The van der Waals surface area contributed by atoms with Crippen molar-refractivity contribution in [2.45, 2.75) is 19.4 Å². The summed E-state index contributed by atoms with van der Waals surface area (Å²) in [5.41, 5.74) is 0.961. The molecule has 1 atom stereocenters. The van der Waals surface area contributed by atoms with Crippen LogP contribution in [-0.2, 0) is 11.2 Å². The summed E-state index contributed by atoms with van der Waals surface area (Å²) < 4.78 is 5.61. The van der Waals surface area contributed by atoms with Gasteiger partial charge in [0.25, 0.3) is 5.91 Å². The lowest BCUT2D eigenvalue weighted by molar-refractivity contribution is -0.122. The Morgan fingerprint density at radius 2 is 2.42 bits per heavy atom. The molecule has 98 valence electrons. The van der Waals surface area contributed by atoms with E-state index >= 15 is 0 Å². The van der Waals surface area contributed by atoms with Gasteiger partial charge < -0.3 is 4.74 Å². The van der Waals surface area contributed by atoms with Crippen molar-refractivity contribution in [3.8, 4) is 5.75 Å². The van der Waals surface area contributed by atoms with Crippen molar-refractivity contribution in [2.75, 3.05) is 5.32 Å². The molecular formula is C13H11ClN2O2S. The summed E-state index contributed by atoms with van der Waals surface area (Å²) in [7, 11) is 0. The van der Waals surface area contributed by atoms with Crippen molar-refractivity contribution in [3.05, 3.63) is 39.9 Å². The van der Waals surface area contributed by atoms with Crippen LogP contribution in [0, 0.1) is 6.92 Å². The van der Waals surface area contributed by atoms with E-state index in [1.807, 2.05) is 13.0 Å². The average molecular weight is 295 g/mol. The predicted octanol–water partition coefficient (Wildman–Crippen LogP) is 3.05. The SMILES string of the molecule is Cc1cnc(NC(=O)[C@@H]2Cc3cc(Cl)ccc3O2)s1. The lowest BCUT2D eigenvalue weighted by atomic mass is 10.1. The quantitative estimate of drug-likeness (QED) is 0.926. The molecule has 0 aliphatic carbocycles. The Morgan fingerprint density at radius 3 is 3.16 bits per heavy atom. The Kier molecular flexibility index (Phi) is 3.16. The number of thiazole rings is 1. The second kappa shape index (κ2) is 4.83. The van der Waals surface area contributed by atoms with E-state index in [1.54, 1.807) is 18.3 Å². The summed E-state index contributed by atoms with van der Waals surface area (Å²) in [6.07, 6.45) is 1.74. The first-order chi connectivity index (χ1) is 9.11. The van der Waals surface area contributed by atoms with E-state index in [9.17, 15) is 4.79 Å². The van der Waals surface area contributed by atoms with Gasteiger partial charge in [0.15, 0.2) is 11.2 Å². The monoisotopic (exact) mass is 294 g/mol. The number of hydrogen-bond donors (Lipinski definition) is 1. The molecule has 0 radical (unpaired) electrons. The van der Waals surface area contributed by atoms with Gasteiger partial charge in [0.05, 0.1) is 0 Å². The summed E-state index contributed by atoms with van der Waals surface area (Å²) in [4.78, 5) is 17.2. The average Bonchev–Trinajstić information content (AvgIpc) is 2.95. The Balaban J connectivity index is 1.70. The molecule has 3 rings (SSSR count). The van der Waals surface area contributed by atoms with Crippen LogP contribution in [0.1, 0.15) is 10.4 Å². The number of amides is 1. The molecule has 1 amide bonds. The number of rotatable bonds is 2. The molecule has 4 nitrogen and oxygen atoms in total. The van der Waals surface area contributed by atoms with E-state index in [4.69, 9.17) is 16.3 Å². The van der Waals surface area contributed by atoms with Crippen LogP contribution in [0.2, 0.25) is 5.02 Å². The highest BCUT2D eigenvalue weighted by molar-refractivity contribution is 7.15. The highest BCUT2D eigenvalue weighted by Crippen LogP contribution is 2.31. The van der Waals surface area contributed by atoms with Crippen LogP contribution in [0.25, 0.3) is 0 Å². The van der Waals surface area contributed by atoms with E-state index in [1.165, 1.54) is 11.3 Å². The molecule has 19 heavy (non-hydrogen) atoms. The third-order valence-electron chi connectivity index (χ3n) is 2.84. The van der Waals surface area contributed by atoms with Gasteiger partial charge in [-0.15, -0.1) is 11.3 Å². The van der Waals surface area contributed by atoms with E-state index in [0.29, 0.717) is 16.6 Å². The first-order valence-corrected chi connectivity index (χ1v) is 6.99. The number of hydrogen-bond acceptors (Lipinski definition) is 4. The number of halogens is 1. The fourth-order valence-corrected chi connectivity index (χ4v) is 2.82. The first kappa shape index (κ1) is 12.4. The normalized spacial score (nSPS) is 16.8. The molecule has 0 spiro atoms. The molecule has 1 aliphatic rings. The molecule has 0 unspecified atom stereocenters. The van der Waals surface area contributed by atoms with Crippen molar-refractivity contribution in [1.29, 1.82) is 0 Å². The Hall–Kier alpha value is -1.59. The van der Waals surface area contributed by atoms with Gasteiger partial charge >= 0.3 is 0 Å². The van der Waals surface area contributed by atoms with Gasteiger partial charge in [0, 0.05) is 22.5 Å². The standard InChI is InChI=1S/C13H11ClN2O2S/c1-7-6-15-13(19-7)16-12(17)11-5-8-4-9(14)2-3-10(8)18-11/h2-4,6,11H,5H2,1H3,(H,15,16,17)/t11-/m0/s1. The van der Waals surface area contributed by atoms with Crippen molar-refractivity contribution in [3.63, 3.8) is 0 Å². The number of anilines is 1. The summed E-state index contributed by atoms with van der Waals surface area (Å²) in [5, 5.41) is 4.01. The molecule has 6 heteroatoms. The summed E-state index contributed by atoms with van der Waals surface area (Å²) in [6.45, 7) is 1.94. The van der Waals surface area contributed by atoms with Crippen LogP contribution < -0.4 is 10.1 Å². The van der Waals surface area contributed by atoms with Crippen LogP contribution in [0.3, 0.4) is 0 Å². The number of carbonyl (C=O) groups excluding carboxylic acids is 1. The van der Waals surface area contributed by atoms with Gasteiger partial charge in [0.2, 0.25) is 0 Å². The fourth-order valence-electron chi connectivity index (χ4n) is 1.96. The fraction of sp³-hybridized carbons (Fsp3) is 0.231. The predicted molar refractivity (Wildman–Crippen MR) is 75.1 cm³/mol. The number of ether oxygens (including phenoxy) is 1. The third kappa shape index (κ3) is 2.57. The molecular weight excluding hydrogens is 284 g/mol. The van der Waals surface area contributed by atoms with Gasteiger partial charge in [-0.05, 0) is 30.7 Å². The summed E-state index contributed by atoms with van der Waals surface area (Å²) in [5.74, 6) is 0.543. The van der Waals surface area contributed by atoms with E-state index in [2.05, 4.69) is 10.3 Å². The van der Waals surface area contributed by atoms with Crippen LogP contribution in [-0.4, -0.2) is 17.0 Å². The second-order valence-corrected chi connectivity index (χ2v) is 6.00. The van der Waals surface area contributed by atoms with Crippen LogP contribution >= 0.6 is 22.9 Å². The van der Waals surface area contributed by atoms with E-state index < -0.39 is 6.10 Å². The minimum absolute atomic E-state index is 0.179. The lowest BCUT2D eigenvalue weighted by Gasteiger charge is -2.09. The number of benzene rings is 1. The number of nitrogens with zero attached hydrogens (tertiary/aromatic N) is 1. The number of carbonyl (C=O) groups is 1. The zero-order valence-corrected chi connectivity index (χ0v) is 11.7. The molecule has 0 saturated heterocycles. The summed E-state index contributed by atoms with van der Waals surface area (Å²) in [6, 6.07) is 5.38. The molecule has 2 aromatic rings. The van der Waals surface area contributed by atoms with Crippen molar-refractivity contribution < 1.29 is 9.53 Å². The Morgan fingerprint density at radius 1 is 1.58 bits per heavy atom. The zero-order chi connectivity index (χ0) is 13.4. The number of nitrogens with one attached hydrogen (secondary N) is 1. The maximum absolute atomic E-state index is 12.1. The third-order valence-corrected chi connectivity index (χ3v) is 3.90. The highest BCUT2D eigenvalue weighted by Gasteiger charge is 2.29. The Bertz CT molecular complexity index is 641. The minimum atomic E-state index is -0.516. The van der Waals surface area contributed by atoms with Gasteiger partial charge in [-0.1, -0.05) is 11.6 Å². The molecule has 1 aliphatic heterocycles. The smallest absolute Gasteiger partial charge is 0.267 e. The maximum Gasteiger partial charge on any atom is 0.267 e. The van der Waals surface area contributed by atoms with E-state index in [0.717, 1.165) is 16.2 Å². The summed E-state index contributed by atoms with van der Waals surface area (Å²) >= 11 is 7.36. The Labute approximate surface area is 119 Å². The van der Waals surface area contributed by atoms with Gasteiger partial charge in [0.1, 0.15) is 5.75 Å². The van der Waals surface area contributed by atoms with Gasteiger partial charge in [-0.2, -0.15) is 0 Å². The number of fused-ring (bicyclic) bond motifs is 1. The van der Waals surface area contributed by atoms with Crippen molar-refractivity contribution in [2.24, 2.45) is 0 Å². The highest BCUT2D eigenvalue weighted by atomic mass is 35.5. The number of aromatic nitrogens is 1. The molecule has 1 N–H and O–H groups in total. The molecule has 0 fully saturated rings. The first-order valence-electron chi connectivity index (χ1n) is 5.80. The number of aryl methyl sites for hydroxylation is 1. The van der Waals surface area contributed by atoms with Gasteiger partial charge in [-0.3, -0.25) is 10.1 Å². The topological polar surface area (TPSA) is 51.2 Å². The molecule has 1 aromatic carbocycles. The molecule has 0 bridgehead atoms. The van der Waals surface area contributed by atoms with Crippen molar-refractivity contribution in [1.82, 2.24) is 4.98 Å². The molecule has 1 aromatic heterocycles. The second-order valence-electron chi connectivity index (χ2n) is 4.33. The van der Waals surface area contributed by atoms with Crippen molar-refractivity contribution >= 4 is 34.0 Å². The minimum Gasteiger partial charge on any atom is -0.480 e. The lowest BCUT2D eigenvalue weighted by Crippen LogP contribution is -2.31. The van der Waals surface area contributed by atoms with Crippen LogP contribution in [0.4, 0.5) is 5.13 Å². The van der Waals surface area contributed by atoms with E-state index in [-0.39, 0.29) is 5.91 Å². The zero-order valence-electron chi connectivity index (χ0n) is 10.1. The van der Waals surface area contributed by atoms with Crippen LogP contribution in [0.15, 0.2) is 24.4 Å². The molecule has 2 heterocycles. The van der Waals surface area contributed by atoms with Crippen LogP contribution in [0.5, 0.6) is 5.75 Å². The largest absolute Gasteiger partial charge is 0.480 e. The molecule has 0 saturated carbocycles. The van der Waals surface area contributed by atoms with Gasteiger partial charge in [-0.25, -0.2) is 4.98 Å². The maximum atomic E-state index is 12.1.